The van der Waals surface area contributed by atoms with E-state index in [-0.39, 0.29) is 13.5 Å². The summed E-state index contributed by atoms with van der Waals surface area (Å²) in [5.74, 6) is -0.174. The summed E-state index contributed by atoms with van der Waals surface area (Å²) < 4.78 is 5.01. The highest BCUT2D eigenvalue weighted by atomic mass is 16.5. The van der Waals surface area contributed by atoms with Crippen molar-refractivity contribution in [3.05, 3.63) is 12.2 Å². The Balaban J connectivity index is 0. The lowest BCUT2D eigenvalue weighted by Crippen LogP contribution is -2.13. The Kier molecular flexibility index (Phi) is 4.59. The lowest BCUT2D eigenvalue weighted by atomic mass is 10.2. The van der Waals surface area contributed by atoms with Crippen molar-refractivity contribution in [3.8, 4) is 0 Å². The zero-order chi connectivity index (χ0) is 8.85. The van der Waals surface area contributed by atoms with Gasteiger partial charge in [-0.1, -0.05) is 19.1 Å². The van der Waals surface area contributed by atoms with E-state index in [0.717, 1.165) is 12.0 Å². The Labute approximate surface area is 69.7 Å². The number of hydrogen-bond donors (Lipinski definition) is 0. The molecule has 0 aromatic rings. The summed E-state index contributed by atoms with van der Waals surface area (Å²) in [4.78, 5) is 10.9. The van der Waals surface area contributed by atoms with Crippen LogP contribution in [0.5, 0.6) is 0 Å². The van der Waals surface area contributed by atoms with Crippen molar-refractivity contribution < 1.29 is 11.0 Å². The molecule has 0 spiro atoms. The second-order valence-electron chi connectivity index (χ2n) is 2.84. The first-order chi connectivity index (χ1) is 5.06. The molecular weight excluding hydrogens is 140 g/mol. The number of hydrogen-bond acceptors (Lipinski definition) is 2. The monoisotopic (exact) mass is 159 g/mol. The van der Waals surface area contributed by atoms with Crippen LogP contribution in [0.25, 0.3) is 0 Å². The fourth-order valence-corrected chi connectivity index (χ4v) is 0.596. The summed E-state index contributed by atoms with van der Waals surface area (Å²) in [7, 11) is 0. The van der Waals surface area contributed by atoms with Crippen molar-refractivity contribution in [3.63, 3.8) is 0 Å². The van der Waals surface area contributed by atoms with Gasteiger partial charge in [-0.2, -0.15) is 0 Å². The molecule has 11 heavy (non-hydrogen) atoms. The number of carbonyl (C=O) groups is 1. The van der Waals surface area contributed by atoms with Crippen molar-refractivity contribution in [2.45, 2.75) is 39.7 Å². The van der Waals surface area contributed by atoms with Crippen LogP contribution in [0.15, 0.2) is 12.2 Å². The molecule has 0 aliphatic heterocycles. The Morgan fingerprint density at radius 1 is 1.73 bits per heavy atom. The first kappa shape index (κ1) is 10.2. The van der Waals surface area contributed by atoms with Gasteiger partial charge in [0.25, 0.3) is 0 Å². The van der Waals surface area contributed by atoms with Gasteiger partial charge in [-0.3, -0.25) is 4.79 Å². The third-order valence-electron chi connectivity index (χ3n) is 1.35. The zero-order valence-electron chi connectivity index (χ0n) is 7.52. The van der Waals surface area contributed by atoms with Gasteiger partial charge in [0, 0.05) is 1.43 Å². The van der Waals surface area contributed by atoms with Crippen LogP contribution in [0.3, 0.4) is 0 Å². The van der Waals surface area contributed by atoms with Crippen LogP contribution in [0.2, 0.25) is 0 Å². The summed E-state index contributed by atoms with van der Waals surface area (Å²) in [6, 6.07) is 0. The van der Waals surface area contributed by atoms with Crippen molar-refractivity contribution in [2.24, 2.45) is 0 Å². The van der Waals surface area contributed by atoms with E-state index in [9.17, 15) is 4.79 Å². The fraction of sp³-hybridized carbons (Fsp3) is 0.667. The van der Waals surface area contributed by atoms with Gasteiger partial charge >= 0.3 is 5.97 Å². The molecule has 0 aromatic heterocycles. The summed E-state index contributed by atoms with van der Waals surface area (Å²) in [6.07, 6.45) is 1.23. The summed E-state index contributed by atoms with van der Waals surface area (Å²) in [6.45, 7) is 9.31. The molecule has 0 rings (SSSR count). The maximum Gasteiger partial charge on any atom is 0.310 e. The van der Waals surface area contributed by atoms with Gasteiger partial charge in [0.05, 0.1) is 12.5 Å². The molecule has 2 heteroatoms. The number of rotatable bonds is 4. The van der Waals surface area contributed by atoms with Gasteiger partial charge in [-0.15, -0.1) is 0 Å². The minimum absolute atomic E-state index is 0. The van der Waals surface area contributed by atoms with Gasteiger partial charge in [-0.05, 0) is 20.3 Å². The van der Waals surface area contributed by atoms with E-state index in [2.05, 4.69) is 6.58 Å². The van der Waals surface area contributed by atoms with Crippen molar-refractivity contribution in [1.82, 2.24) is 0 Å². The molecule has 0 aromatic carbocycles. The van der Waals surface area contributed by atoms with E-state index < -0.39 is 0 Å². The summed E-state index contributed by atoms with van der Waals surface area (Å²) >= 11 is 0. The van der Waals surface area contributed by atoms with Gasteiger partial charge < -0.3 is 4.74 Å². The number of esters is 1. The molecular formula is C9H18O2. The minimum Gasteiger partial charge on any atom is -0.462 e. The maximum absolute atomic E-state index is 10.9. The van der Waals surface area contributed by atoms with Crippen LogP contribution in [0, 0.1) is 0 Å². The molecule has 0 aliphatic rings. The van der Waals surface area contributed by atoms with Crippen LogP contribution < -0.4 is 0 Å². The van der Waals surface area contributed by atoms with Crippen molar-refractivity contribution >= 4 is 5.97 Å². The van der Waals surface area contributed by atoms with Gasteiger partial charge in [0.2, 0.25) is 0 Å². The molecule has 0 N–H and O–H groups in total. The van der Waals surface area contributed by atoms with Crippen LogP contribution in [0.4, 0.5) is 0 Å². The number of ether oxygens (including phenoxy) is 1. The normalized spacial score (nSPS) is 12.3. The second-order valence-corrected chi connectivity index (χ2v) is 2.84. The van der Waals surface area contributed by atoms with Gasteiger partial charge in [0.1, 0.15) is 0 Å². The lowest BCUT2D eigenvalue weighted by Gasteiger charge is -2.09. The van der Waals surface area contributed by atoms with Crippen molar-refractivity contribution in [1.29, 1.82) is 0 Å². The zero-order valence-corrected chi connectivity index (χ0v) is 7.52. The van der Waals surface area contributed by atoms with Crippen LogP contribution in [0.1, 0.15) is 35.0 Å². The quantitative estimate of drug-likeness (QED) is 0.465. The molecule has 0 amide bonds. The summed E-state index contributed by atoms with van der Waals surface area (Å²) in [5, 5.41) is 0. The first-order valence-corrected chi connectivity index (χ1v) is 3.90. The highest BCUT2D eigenvalue weighted by molar-refractivity contribution is 5.72. The smallest absolute Gasteiger partial charge is 0.310 e. The number of carbonyl (C=O) groups excluding carboxylic acids is 1. The average molecular weight is 159 g/mol. The van der Waals surface area contributed by atoms with Crippen LogP contribution >= 0.6 is 0 Å². The molecule has 2 nitrogen and oxygen atoms in total. The van der Waals surface area contributed by atoms with Crippen LogP contribution in [-0.4, -0.2) is 12.1 Å². The Morgan fingerprint density at radius 3 is 2.64 bits per heavy atom. The van der Waals surface area contributed by atoms with E-state index in [1.54, 1.807) is 0 Å². The third kappa shape index (κ3) is 5.64. The fourth-order valence-electron chi connectivity index (χ4n) is 0.596. The van der Waals surface area contributed by atoms with Crippen molar-refractivity contribution in [2.75, 3.05) is 0 Å². The van der Waals surface area contributed by atoms with Gasteiger partial charge in [-0.25, -0.2) is 0 Å². The second kappa shape index (κ2) is 4.94. The average Bonchev–Trinajstić information content (AvgIpc) is 1.85. The Hall–Kier alpha value is -0.790. The van der Waals surface area contributed by atoms with E-state index in [1.807, 2.05) is 20.8 Å². The largest absolute Gasteiger partial charge is 0.462 e. The third-order valence-corrected chi connectivity index (χ3v) is 1.35. The highest BCUT2D eigenvalue weighted by Gasteiger charge is 2.06. The summed E-state index contributed by atoms with van der Waals surface area (Å²) in [5.41, 5.74) is 0.846. The molecule has 0 heterocycles. The van der Waals surface area contributed by atoms with E-state index in [0.29, 0.717) is 6.42 Å². The Morgan fingerprint density at radius 2 is 2.27 bits per heavy atom. The van der Waals surface area contributed by atoms with E-state index in [4.69, 9.17) is 4.74 Å². The SMILES string of the molecule is C=C(C)CC(=O)OC(C)CC.[2HH]. The minimum atomic E-state index is -0.174. The molecule has 0 aliphatic carbocycles. The highest BCUT2D eigenvalue weighted by Crippen LogP contribution is 2.02. The molecule has 0 saturated heterocycles. The van der Waals surface area contributed by atoms with E-state index >= 15 is 0 Å². The molecule has 0 radical (unpaired) electrons. The lowest BCUT2D eigenvalue weighted by molar-refractivity contribution is -0.147. The predicted octanol–water partition coefficient (Wildman–Crippen LogP) is 2.54. The molecule has 0 fully saturated rings. The molecule has 0 bridgehead atoms. The molecule has 1 unspecified atom stereocenters. The molecule has 0 saturated carbocycles. The topological polar surface area (TPSA) is 26.3 Å². The van der Waals surface area contributed by atoms with E-state index in [1.165, 1.54) is 0 Å². The maximum atomic E-state index is 10.9. The first-order valence-electron chi connectivity index (χ1n) is 3.90. The standard InChI is InChI=1S/C9H16O2.H2/c1-5-8(4)11-9(10)6-7(2)3;/h8H,2,5-6H2,1,3-4H3;1H/i;1+1. The molecule has 66 valence electrons. The predicted molar refractivity (Wildman–Crippen MR) is 47.4 cm³/mol. The molecule has 1 atom stereocenters. The van der Waals surface area contributed by atoms with Crippen LogP contribution in [-0.2, 0) is 9.53 Å². The van der Waals surface area contributed by atoms with Gasteiger partial charge in [0.15, 0.2) is 0 Å². The Bertz CT molecular complexity index is 155.